The average molecular weight is 284 g/mol. The van der Waals surface area contributed by atoms with Crippen LogP contribution in [0.4, 0.5) is 0 Å². The normalized spacial score (nSPS) is 28.4. The van der Waals surface area contributed by atoms with Crippen LogP contribution in [0.5, 0.6) is 0 Å². The number of hydrogen-bond donors (Lipinski definition) is 2. The van der Waals surface area contributed by atoms with Crippen molar-refractivity contribution in [3.8, 4) is 0 Å². The van der Waals surface area contributed by atoms with E-state index >= 15 is 0 Å². The summed E-state index contributed by atoms with van der Waals surface area (Å²) in [5.74, 6) is 1.22. The summed E-state index contributed by atoms with van der Waals surface area (Å²) >= 11 is 0. The lowest BCUT2D eigenvalue weighted by Crippen LogP contribution is -2.49. The molecule has 1 atom stereocenters. The highest BCUT2D eigenvalue weighted by Gasteiger charge is 2.37. The fourth-order valence-corrected chi connectivity index (χ4v) is 2.86. The van der Waals surface area contributed by atoms with Crippen molar-refractivity contribution >= 4 is 5.91 Å². The molecule has 1 rings (SSSR count). The molecule has 1 fully saturated rings. The molecule has 0 heterocycles. The Balaban J connectivity index is 2.49. The van der Waals surface area contributed by atoms with E-state index in [0.717, 1.165) is 31.6 Å². The predicted molar refractivity (Wildman–Crippen MR) is 82.4 cm³/mol. The summed E-state index contributed by atoms with van der Waals surface area (Å²) in [4.78, 5) is 12.0. The first-order chi connectivity index (χ1) is 9.42. The molecule has 0 aromatic heterocycles. The van der Waals surface area contributed by atoms with Crippen LogP contribution in [0.15, 0.2) is 0 Å². The summed E-state index contributed by atoms with van der Waals surface area (Å²) in [5, 5.41) is 2.93. The number of carbonyl (C=O) groups excluding carboxylic acids is 1. The molecule has 0 saturated heterocycles. The Morgan fingerprint density at radius 2 is 1.95 bits per heavy atom. The van der Waals surface area contributed by atoms with Gasteiger partial charge >= 0.3 is 0 Å². The van der Waals surface area contributed by atoms with E-state index in [1.165, 1.54) is 6.42 Å². The summed E-state index contributed by atoms with van der Waals surface area (Å²) in [6.45, 7) is 9.44. The zero-order valence-electron chi connectivity index (χ0n) is 13.6. The van der Waals surface area contributed by atoms with E-state index in [0.29, 0.717) is 19.0 Å². The van der Waals surface area contributed by atoms with Crippen LogP contribution in [0, 0.1) is 11.8 Å². The van der Waals surface area contributed by atoms with Gasteiger partial charge in [0.15, 0.2) is 0 Å². The van der Waals surface area contributed by atoms with Crippen LogP contribution in [-0.4, -0.2) is 30.7 Å². The second-order valence-corrected chi connectivity index (χ2v) is 6.64. The molecule has 0 bridgehead atoms. The van der Waals surface area contributed by atoms with Gasteiger partial charge in [0.1, 0.15) is 6.10 Å². The van der Waals surface area contributed by atoms with Crippen LogP contribution >= 0.6 is 0 Å². The van der Waals surface area contributed by atoms with E-state index in [1.807, 2.05) is 6.92 Å². The van der Waals surface area contributed by atoms with E-state index in [2.05, 4.69) is 26.1 Å². The molecule has 0 aromatic carbocycles. The highest BCUT2D eigenvalue weighted by Crippen LogP contribution is 2.36. The number of nitrogens with one attached hydrogen (secondary N) is 1. The third-order valence-corrected chi connectivity index (χ3v) is 4.45. The van der Waals surface area contributed by atoms with E-state index in [9.17, 15) is 4.79 Å². The van der Waals surface area contributed by atoms with Gasteiger partial charge in [0.2, 0.25) is 5.91 Å². The molecule has 1 amide bonds. The Morgan fingerprint density at radius 1 is 1.35 bits per heavy atom. The molecule has 118 valence electrons. The van der Waals surface area contributed by atoms with Gasteiger partial charge in [-0.25, -0.2) is 0 Å². The van der Waals surface area contributed by atoms with Crippen molar-refractivity contribution in [2.75, 3.05) is 13.1 Å². The zero-order valence-corrected chi connectivity index (χ0v) is 13.6. The molecule has 1 saturated carbocycles. The molecule has 4 heteroatoms. The Morgan fingerprint density at radius 3 is 2.40 bits per heavy atom. The Kier molecular flexibility index (Phi) is 6.96. The first-order valence-electron chi connectivity index (χ1n) is 8.08. The minimum atomic E-state index is -0.421. The lowest BCUT2D eigenvalue weighted by Gasteiger charge is -2.40. The maximum absolute atomic E-state index is 12.0. The van der Waals surface area contributed by atoms with Crippen molar-refractivity contribution in [1.82, 2.24) is 5.32 Å². The first kappa shape index (κ1) is 17.4. The summed E-state index contributed by atoms with van der Waals surface area (Å²) < 4.78 is 6.08. The van der Waals surface area contributed by atoms with E-state index in [1.54, 1.807) is 0 Å². The summed E-state index contributed by atoms with van der Waals surface area (Å²) in [5.41, 5.74) is 5.65. The number of ether oxygens (including phenoxy) is 1. The quantitative estimate of drug-likeness (QED) is 0.755. The molecule has 1 aliphatic rings. The molecular formula is C16H32N2O2. The summed E-state index contributed by atoms with van der Waals surface area (Å²) in [7, 11) is 0. The largest absolute Gasteiger partial charge is 0.361 e. The second kappa shape index (κ2) is 7.99. The average Bonchev–Trinajstić information content (AvgIpc) is 2.45. The van der Waals surface area contributed by atoms with Gasteiger partial charge in [0, 0.05) is 13.1 Å². The molecule has 1 unspecified atom stereocenters. The van der Waals surface area contributed by atoms with Crippen LogP contribution in [-0.2, 0) is 9.53 Å². The van der Waals surface area contributed by atoms with Crippen molar-refractivity contribution in [1.29, 1.82) is 0 Å². The second-order valence-electron chi connectivity index (χ2n) is 6.64. The van der Waals surface area contributed by atoms with Gasteiger partial charge in [-0.05, 0) is 44.4 Å². The minimum Gasteiger partial charge on any atom is -0.361 e. The van der Waals surface area contributed by atoms with Gasteiger partial charge in [-0.1, -0.05) is 27.2 Å². The lowest BCUT2D eigenvalue weighted by atomic mass is 9.77. The van der Waals surface area contributed by atoms with Crippen molar-refractivity contribution in [3.63, 3.8) is 0 Å². The van der Waals surface area contributed by atoms with Crippen molar-refractivity contribution < 1.29 is 9.53 Å². The topological polar surface area (TPSA) is 64.3 Å². The summed E-state index contributed by atoms with van der Waals surface area (Å²) in [6.07, 6.45) is 5.08. The van der Waals surface area contributed by atoms with Gasteiger partial charge in [-0.3, -0.25) is 4.79 Å². The number of nitrogens with two attached hydrogens (primary N) is 1. The Hall–Kier alpha value is -0.610. The maximum atomic E-state index is 12.0. The van der Waals surface area contributed by atoms with Crippen molar-refractivity contribution in [2.24, 2.45) is 17.6 Å². The fourth-order valence-electron chi connectivity index (χ4n) is 2.86. The minimum absolute atomic E-state index is 0.0239. The Labute approximate surface area is 123 Å². The predicted octanol–water partition coefficient (Wildman–Crippen LogP) is 2.46. The van der Waals surface area contributed by atoms with Gasteiger partial charge in [0.25, 0.3) is 0 Å². The molecular weight excluding hydrogens is 252 g/mol. The van der Waals surface area contributed by atoms with Crippen LogP contribution in [0.25, 0.3) is 0 Å². The SMILES string of the molecule is CCC1CCC(CN)(OC(C)C(=O)NCC(C)C)CC1. The fraction of sp³-hybridized carbons (Fsp3) is 0.938. The van der Waals surface area contributed by atoms with Gasteiger partial charge in [-0.2, -0.15) is 0 Å². The molecule has 1 aliphatic carbocycles. The monoisotopic (exact) mass is 284 g/mol. The highest BCUT2D eigenvalue weighted by atomic mass is 16.5. The zero-order chi connectivity index (χ0) is 15.2. The summed E-state index contributed by atoms with van der Waals surface area (Å²) in [6, 6.07) is 0. The van der Waals surface area contributed by atoms with Gasteiger partial charge < -0.3 is 15.8 Å². The molecule has 20 heavy (non-hydrogen) atoms. The number of carbonyl (C=O) groups is 1. The molecule has 0 aromatic rings. The highest BCUT2D eigenvalue weighted by molar-refractivity contribution is 5.80. The smallest absolute Gasteiger partial charge is 0.248 e. The van der Waals surface area contributed by atoms with Gasteiger partial charge in [0.05, 0.1) is 5.60 Å². The standard InChI is InChI=1S/C16H32N2O2/c1-5-14-6-8-16(11-17,9-7-14)20-13(4)15(19)18-10-12(2)3/h12-14H,5-11,17H2,1-4H3,(H,18,19). The molecule has 0 radical (unpaired) electrons. The molecule has 0 aliphatic heterocycles. The van der Waals surface area contributed by atoms with E-state index in [4.69, 9.17) is 10.5 Å². The van der Waals surface area contributed by atoms with Crippen LogP contribution in [0.2, 0.25) is 0 Å². The number of rotatable bonds is 7. The van der Waals surface area contributed by atoms with E-state index in [-0.39, 0.29) is 11.5 Å². The molecule has 3 N–H and O–H groups in total. The number of amides is 1. The van der Waals surface area contributed by atoms with Crippen LogP contribution in [0.1, 0.15) is 59.8 Å². The van der Waals surface area contributed by atoms with Crippen molar-refractivity contribution in [2.45, 2.75) is 71.5 Å². The van der Waals surface area contributed by atoms with Crippen LogP contribution < -0.4 is 11.1 Å². The van der Waals surface area contributed by atoms with E-state index < -0.39 is 6.10 Å². The third kappa shape index (κ3) is 5.06. The van der Waals surface area contributed by atoms with Gasteiger partial charge in [-0.15, -0.1) is 0 Å². The lowest BCUT2D eigenvalue weighted by molar-refractivity contribution is -0.150. The van der Waals surface area contributed by atoms with Crippen LogP contribution in [0.3, 0.4) is 0 Å². The first-order valence-corrected chi connectivity index (χ1v) is 8.08. The molecule has 0 spiro atoms. The molecule has 4 nitrogen and oxygen atoms in total. The maximum Gasteiger partial charge on any atom is 0.248 e. The number of hydrogen-bond acceptors (Lipinski definition) is 3. The third-order valence-electron chi connectivity index (χ3n) is 4.45. The Bertz CT molecular complexity index is 297. The van der Waals surface area contributed by atoms with Crippen molar-refractivity contribution in [3.05, 3.63) is 0 Å².